The molecule has 2 aromatic rings. The highest BCUT2D eigenvalue weighted by molar-refractivity contribution is 6.00. The lowest BCUT2D eigenvalue weighted by Crippen LogP contribution is -2.62. The fourth-order valence-corrected chi connectivity index (χ4v) is 6.50. The van der Waals surface area contributed by atoms with Crippen molar-refractivity contribution < 1.29 is 28.6 Å². The van der Waals surface area contributed by atoms with Crippen molar-refractivity contribution >= 4 is 17.7 Å². The smallest absolute Gasteiger partial charge is 0.258 e. The average molecular weight is 592 g/mol. The summed E-state index contributed by atoms with van der Waals surface area (Å²) in [7, 11) is 0. The fourth-order valence-electron chi connectivity index (χ4n) is 6.50. The molecule has 1 aromatic carbocycles. The van der Waals surface area contributed by atoms with Crippen LogP contribution in [0, 0.1) is 5.92 Å². The van der Waals surface area contributed by atoms with Gasteiger partial charge in [-0.25, -0.2) is 0 Å². The number of nitrogens with one attached hydrogen (secondary N) is 2. The lowest BCUT2D eigenvalue weighted by molar-refractivity contribution is -0.134. The van der Waals surface area contributed by atoms with E-state index in [1.165, 1.54) is 0 Å². The monoisotopic (exact) mass is 591 g/mol. The van der Waals surface area contributed by atoms with Gasteiger partial charge in [0.1, 0.15) is 11.8 Å². The summed E-state index contributed by atoms with van der Waals surface area (Å²) in [5.41, 5.74) is 1.36. The second-order valence-electron chi connectivity index (χ2n) is 11.8. The number of para-hydroxylation sites is 1. The van der Waals surface area contributed by atoms with E-state index in [9.17, 15) is 14.4 Å². The van der Waals surface area contributed by atoms with Crippen LogP contribution in [0.4, 0.5) is 0 Å². The number of piperazine rings is 1. The Morgan fingerprint density at radius 1 is 0.977 bits per heavy atom. The number of aromatic nitrogens is 1. The van der Waals surface area contributed by atoms with Gasteiger partial charge in [0.2, 0.25) is 11.8 Å². The van der Waals surface area contributed by atoms with Crippen LogP contribution < -0.4 is 15.4 Å². The van der Waals surface area contributed by atoms with Crippen molar-refractivity contribution in [3.63, 3.8) is 0 Å². The Kier molecular flexibility index (Phi) is 9.50. The molecule has 230 valence electrons. The molecule has 0 aliphatic carbocycles. The van der Waals surface area contributed by atoms with E-state index in [-0.39, 0.29) is 48.4 Å². The van der Waals surface area contributed by atoms with Gasteiger partial charge in [-0.2, -0.15) is 0 Å². The number of pyridine rings is 1. The number of hydrogen-bond donors (Lipinski definition) is 2. The molecule has 0 spiro atoms. The third kappa shape index (κ3) is 7.17. The van der Waals surface area contributed by atoms with Gasteiger partial charge in [-0.05, 0) is 49.9 Å². The van der Waals surface area contributed by atoms with Crippen molar-refractivity contribution in [3.8, 4) is 5.75 Å². The molecule has 0 radical (unpaired) electrons. The van der Waals surface area contributed by atoms with Crippen molar-refractivity contribution in [1.29, 1.82) is 0 Å². The van der Waals surface area contributed by atoms with Crippen LogP contribution in [0.15, 0.2) is 48.7 Å². The van der Waals surface area contributed by atoms with Crippen molar-refractivity contribution in [1.82, 2.24) is 25.4 Å². The summed E-state index contributed by atoms with van der Waals surface area (Å²) in [6, 6.07) is 12.1. The number of amides is 3. The third-order valence-electron chi connectivity index (χ3n) is 8.97. The number of rotatable bonds is 4. The molecule has 43 heavy (non-hydrogen) atoms. The van der Waals surface area contributed by atoms with E-state index in [4.69, 9.17) is 14.2 Å². The topological polar surface area (TPSA) is 122 Å². The summed E-state index contributed by atoms with van der Waals surface area (Å²) < 4.78 is 18.1. The predicted molar refractivity (Wildman–Crippen MR) is 157 cm³/mol. The predicted octanol–water partition coefficient (Wildman–Crippen LogP) is 1.77. The number of fused-ring (bicyclic) bond motifs is 4. The Hall–Kier alpha value is -3.54. The van der Waals surface area contributed by atoms with Gasteiger partial charge in [0, 0.05) is 64.5 Å². The van der Waals surface area contributed by atoms with E-state index < -0.39 is 6.04 Å². The van der Waals surface area contributed by atoms with Crippen LogP contribution in [-0.2, 0) is 25.6 Å². The molecule has 2 N–H and O–H groups in total. The second-order valence-corrected chi connectivity index (χ2v) is 11.8. The summed E-state index contributed by atoms with van der Waals surface area (Å²) in [6.07, 6.45) is 4.88. The van der Waals surface area contributed by atoms with Gasteiger partial charge in [-0.1, -0.05) is 18.2 Å². The summed E-state index contributed by atoms with van der Waals surface area (Å²) in [4.78, 5) is 49.2. The van der Waals surface area contributed by atoms with Gasteiger partial charge < -0.3 is 29.7 Å². The molecule has 11 heteroatoms. The molecule has 4 atom stereocenters. The van der Waals surface area contributed by atoms with Gasteiger partial charge in [0.05, 0.1) is 36.1 Å². The number of carbonyl (C=O) groups is 3. The van der Waals surface area contributed by atoms with Crippen LogP contribution in [0.1, 0.15) is 48.2 Å². The van der Waals surface area contributed by atoms with Crippen molar-refractivity contribution in [2.75, 3.05) is 46.0 Å². The van der Waals surface area contributed by atoms with E-state index in [0.717, 1.165) is 18.5 Å². The zero-order valence-electron chi connectivity index (χ0n) is 24.5. The van der Waals surface area contributed by atoms with Gasteiger partial charge >= 0.3 is 0 Å². The maximum absolute atomic E-state index is 13.9. The van der Waals surface area contributed by atoms with Crippen LogP contribution in [-0.4, -0.2) is 103 Å². The lowest BCUT2D eigenvalue weighted by atomic mass is 9.94. The molecule has 5 heterocycles. The molecule has 3 amide bonds. The van der Waals surface area contributed by atoms with E-state index in [1.807, 2.05) is 30.3 Å². The minimum absolute atomic E-state index is 0.0234. The first kappa shape index (κ1) is 29.5. The van der Waals surface area contributed by atoms with Crippen LogP contribution in [0.2, 0.25) is 0 Å². The Morgan fingerprint density at radius 2 is 1.81 bits per heavy atom. The Bertz CT molecular complexity index is 1270. The van der Waals surface area contributed by atoms with Gasteiger partial charge in [-0.15, -0.1) is 0 Å². The molecule has 6 rings (SSSR count). The molecule has 1 aromatic heterocycles. The first-order valence-electron chi connectivity index (χ1n) is 15.5. The number of benzene rings is 1. The highest BCUT2D eigenvalue weighted by Gasteiger charge is 2.39. The van der Waals surface area contributed by atoms with E-state index >= 15 is 0 Å². The molecule has 11 nitrogen and oxygen atoms in total. The lowest BCUT2D eigenvalue weighted by Gasteiger charge is -2.42. The third-order valence-corrected chi connectivity index (χ3v) is 8.97. The molecule has 3 saturated heterocycles. The summed E-state index contributed by atoms with van der Waals surface area (Å²) in [5, 5.41) is 6.32. The Labute approximate surface area is 252 Å². The first-order valence-corrected chi connectivity index (χ1v) is 15.5. The van der Waals surface area contributed by atoms with Crippen LogP contribution in [0.5, 0.6) is 5.75 Å². The minimum atomic E-state index is -0.712. The molecule has 0 saturated carbocycles. The highest BCUT2D eigenvalue weighted by atomic mass is 16.5. The zero-order valence-corrected chi connectivity index (χ0v) is 24.5. The molecule has 4 aliphatic rings. The maximum Gasteiger partial charge on any atom is 0.258 e. The summed E-state index contributed by atoms with van der Waals surface area (Å²) in [5.74, 6) is 0.00173. The van der Waals surface area contributed by atoms with E-state index in [1.54, 1.807) is 23.2 Å². The zero-order chi connectivity index (χ0) is 29.6. The normalized spacial score (nSPS) is 27.6. The molecule has 4 aliphatic heterocycles. The van der Waals surface area contributed by atoms with Gasteiger partial charge in [0.15, 0.2) is 0 Å². The number of hydrogen-bond acceptors (Lipinski definition) is 8. The van der Waals surface area contributed by atoms with E-state index in [0.29, 0.717) is 76.6 Å². The molecular formula is C32H41N5O6. The minimum Gasteiger partial charge on any atom is -0.493 e. The second kappa shape index (κ2) is 13.8. The maximum atomic E-state index is 13.9. The highest BCUT2D eigenvalue weighted by Crippen LogP contribution is 2.27. The van der Waals surface area contributed by atoms with Crippen LogP contribution in [0.3, 0.4) is 0 Å². The van der Waals surface area contributed by atoms with Crippen molar-refractivity contribution in [3.05, 3.63) is 59.9 Å². The standard InChI is InChI=1S/C32H41N5O6/c38-30(22-10-16-41-17-11-22)35-26-9-8-24-12-18-42-28-7-2-1-6-25(28)32(40)37-15-14-36(20-23-5-3-4-13-33-23)21-27(37)31(39)34-19-29(26)43-24/h1-7,13,22,24,26-27,29H,8-12,14-21H2,(H,34,39)(H,35,38)/t24-,26+,27-,29+/m0/s1. The van der Waals surface area contributed by atoms with Crippen molar-refractivity contribution in [2.45, 2.75) is 62.9 Å². The van der Waals surface area contributed by atoms with Gasteiger partial charge in [-0.3, -0.25) is 24.3 Å². The molecule has 2 bridgehead atoms. The molecule has 0 unspecified atom stereocenters. The van der Waals surface area contributed by atoms with E-state index in [2.05, 4.69) is 20.5 Å². The Morgan fingerprint density at radius 3 is 2.65 bits per heavy atom. The number of ether oxygens (including phenoxy) is 3. The fraction of sp³-hybridized carbons (Fsp3) is 0.562. The average Bonchev–Trinajstić information content (AvgIpc) is 3.05. The molecule has 3 fully saturated rings. The largest absolute Gasteiger partial charge is 0.493 e. The number of carbonyl (C=O) groups excluding carboxylic acids is 3. The summed E-state index contributed by atoms with van der Waals surface area (Å²) in [6.45, 7) is 3.79. The van der Waals surface area contributed by atoms with Crippen LogP contribution >= 0.6 is 0 Å². The van der Waals surface area contributed by atoms with Crippen LogP contribution in [0.25, 0.3) is 0 Å². The first-order chi connectivity index (χ1) is 21.0. The summed E-state index contributed by atoms with van der Waals surface area (Å²) >= 11 is 0. The van der Waals surface area contributed by atoms with Crippen molar-refractivity contribution in [2.24, 2.45) is 5.92 Å². The molecular weight excluding hydrogens is 550 g/mol. The SMILES string of the molecule is O=C(N[C@@H]1CC[C@H]2CCOc3ccccc3C(=O)N3CCN(Cc4ccccn4)C[C@H]3C(=O)NC[C@H]1O2)C1CCOCC1. The quantitative estimate of drug-likeness (QED) is 0.552. The number of nitrogens with zero attached hydrogens (tertiary/aromatic N) is 3. The van der Waals surface area contributed by atoms with Gasteiger partial charge in [0.25, 0.3) is 5.91 Å². The Balaban J connectivity index is 1.22.